The van der Waals surface area contributed by atoms with Gasteiger partial charge in [0.05, 0.1) is 5.69 Å². The molecule has 1 aliphatic heterocycles. The minimum atomic E-state index is 0.00676. The van der Waals surface area contributed by atoms with Crippen LogP contribution in [-0.2, 0) is 6.42 Å². The van der Waals surface area contributed by atoms with Crippen LogP contribution in [0.4, 0.5) is 5.69 Å². The Kier molecular flexibility index (Phi) is 5.64. The molecule has 0 saturated carbocycles. The van der Waals surface area contributed by atoms with Crippen LogP contribution in [0, 0.1) is 0 Å². The molecule has 0 aliphatic carbocycles. The highest BCUT2D eigenvalue weighted by molar-refractivity contribution is 6.30. The molecule has 2 aromatic rings. The van der Waals surface area contributed by atoms with Crippen LogP contribution in [0.5, 0.6) is 5.75 Å². The van der Waals surface area contributed by atoms with E-state index in [-0.39, 0.29) is 6.23 Å². The fraction of sp³-hybridized carbons (Fsp3) is 0.400. The zero-order valence-electron chi connectivity index (χ0n) is 14.1. The summed E-state index contributed by atoms with van der Waals surface area (Å²) < 4.78 is 6.15. The van der Waals surface area contributed by atoms with E-state index < -0.39 is 0 Å². The maximum absolute atomic E-state index is 6.15. The van der Waals surface area contributed by atoms with Gasteiger partial charge in [-0.2, -0.15) is 0 Å². The fourth-order valence-corrected chi connectivity index (χ4v) is 3.58. The van der Waals surface area contributed by atoms with Gasteiger partial charge in [0, 0.05) is 17.6 Å². The Morgan fingerprint density at radius 3 is 2.67 bits per heavy atom. The van der Waals surface area contributed by atoms with Crippen molar-refractivity contribution in [2.75, 3.05) is 12.3 Å². The van der Waals surface area contributed by atoms with Gasteiger partial charge < -0.3 is 10.5 Å². The number of rotatable bonds is 5. The van der Waals surface area contributed by atoms with Crippen molar-refractivity contribution in [1.82, 2.24) is 4.90 Å². The number of nitrogens with zero attached hydrogens (tertiary/aromatic N) is 1. The summed E-state index contributed by atoms with van der Waals surface area (Å²) in [6, 6.07) is 16.4. The number of benzene rings is 2. The van der Waals surface area contributed by atoms with Crippen LogP contribution in [0.15, 0.2) is 48.5 Å². The van der Waals surface area contributed by atoms with Gasteiger partial charge in [-0.25, -0.2) is 0 Å². The number of halogens is 1. The highest BCUT2D eigenvalue weighted by atomic mass is 35.5. The summed E-state index contributed by atoms with van der Waals surface area (Å²) in [6.45, 7) is 3.18. The van der Waals surface area contributed by atoms with E-state index in [0.717, 1.165) is 23.7 Å². The number of nitrogens with two attached hydrogens (primary N) is 1. The molecule has 0 amide bonds. The molecule has 0 aromatic heterocycles. The molecule has 2 atom stereocenters. The van der Waals surface area contributed by atoms with E-state index in [0.29, 0.717) is 11.7 Å². The Morgan fingerprint density at radius 2 is 1.92 bits per heavy atom. The number of hydrogen-bond donors (Lipinski definition) is 1. The molecular formula is C20H25ClN2O. The first kappa shape index (κ1) is 17.1. The number of piperidine rings is 1. The van der Waals surface area contributed by atoms with Crippen molar-refractivity contribution >= 4 is 17.3 Å². The topological polar surface area (TPSA) is 38.5 Å². The van der Waals surface area contributed by atoms with Crippen LogP contribution in [0.25, 0.3) is 0 Å². The van der Waals surface area contributed by atoms with Gasteiger partial charge >= 0.3 is 0 Å². The zero-order chi connectivity index (χ0) is 16.9. The third kappa shape index (κ3) is 4.22. The SMILES string of the molecule is CC(Oc1ccccc1N)N1CCCCC1Cc1ccc(Cl)cc1. The van der Waals surface area contributed by atoms with E-state index >= 15 is 0 Å². The van der Waals surface area contributed by atoms with Crippen molar-refractivity contribution in [3.8, 4) is 5.75 Å². The first-order valence-electron chi connectivity index (χ1n) is 8.65. The average Bonchev–Trinajstić information content (AvgIpc) is 2.59. The quantitative estimate of drug-likeness (QED) is 0.796. The highest BCUT2D eigenvalue weighted by Gasteiger charge is 2.28. The van der Waals surface area contributed by atoms with Crippen LogP contribution in [-0.4, -0.2) is 23.7 Å². The molecule has 0 radical (unpaired) electrons. The van der Waals surface area contributed by atoms with Crippen molar-refractivity contribution in [3.05, 3.63) is 59.1 Å². The molecule has 1 fully saturated rings. The van der Waals surface area contributed by atoms with Gasteiger partial charge in [-0.15, -0.1) is 0 Å². The number of likely N-dealkylation sites (tertiary alicyclic amines) is 1. The molecule has 128 valence electrons. The Labute approximate surface area is 149 Å². The van der Waals surface area contributed by atoms with Crippen LogP contribution < -0.4 is 10.5 Å². The van der Waals surface area contributed by atoms with E-state index in [9.17, 15) is 0 Å². The molecule has 2 aromatic carbocycles. The third-order valence-corrected chi connectivity index (χ3v) is 4.99. The monoisotopic (exact) mass is 344 g/mol. The second kappa shape index (κ2) is 7.91. The van der Waals surface area contributed by atoms with Gasteiger partial charge in [0.1, 0.15) is 12.0 Å². The first-order chi connectivity index (χ1) is 11.6. The van der Waals surface area contributed by atoms with E-state index in [4.69, 9.17) is 22.1 Å². The van der Waals surface area contributed by atoms with Gasteiger partial charge in [0.15, 0.2) is 0 Å². The number of para-hydroxylation sites is 2. The first-order valence-corrected chi connectivity index (χ1v) is 9.02. The molecule has 2 unspecified atom stereocenters. The zero-order valence-corrected chi connectivity index (χ0v) is 14.9. The second-order valence-corrected chi connectivity index (χ2v) is 6.91. The maximum atomic E-state index is 6.15. The molecule has 2 N–H and O–H groups in total. The molecule has 0 bridgehead atoms. The third-order valence-electron chi connectivity index (χ3n) is 4.74. The normalized spacial score (nSPS) is 19.8. The molecule has 3 nitrogen and oxygen atoms in total. The molecule has 0 spiro atoms. The molecule has 1 saturated heterocycles. The van der Waals surface area contributed by atoms with Crippen molar-refractivity contribution in [1.29, 1.82) is 0 Å². The Bertz CT molecular complexity index is 659. The van der Waals surface area contributed by atoms with Crippen molar-refractivity contribution < 1.29 is 4.74 Å². The van der Waals surface area contributed by atoms with E-state index in [1.807, 2.05) is 36.4 Å². The van der Waals surface area contributed by atoms with Crippen molar-refractivity contribution in [3.63, 3.8) is 0 Å². The minimum Gasteiger partial charge on any atom is -0.473 e. The summed E-state index contributed by atoms with van der Waals surface area (Å²) in [7, 11) is 0. The smallest absolute Gasteiger partial charge is 0.150 e. The number of ether oxygens (including phenoxy) is 1. The minimum absolute atomic E-state index is 0.00676. The molecule has 1 heterocycles. The number of nitrogen functional groups attached to an aromatic ring is 1. The molecule has 3 rings (SSSR count). The van der Waals surface area contributed by atoms with Gasteiger partial charge in [0.25, 0.3) is 0 Å². The fourth-order valence-electron chi connectivity index (χ4n) is 3.45. The summed E-state index contributed by atoms with van der Waals surface area (Å²) in [5.74, 6) is 0.765. The predicted octanol–water partition coefficient (Wildman–Crippen LogP) is 4.74. The van der Waals surface area contributed by atoms with Gasteiger partial charge in [-0.3, -0.25) is 4.90 Å². The van der Waals surface area contributed by atoms with Gasteiger partial charge in [0.2, 0.25) is 0 Å². The Morgan fingerprint density at radius 1 is 1.17 bits per heavy atom. The summed E-state index contributed by atoms with van der Waals surface area (Å²) in [4.78, 5) is 2.46. The van der Waals surface area contributed by atoms with Crippen molar-refractivity contribution in [2.24, 2.45) is 0 Å². The van der Waals surface area contributed by atoms with E-state index in [2.05, 4.69) is 24.0 Å². The summed E-state index contributed by atoms with van der Waals surface area (Å²) in [5.41, 5.74) is 8.03. The Hall–Kier alpha value is -1.71. The van der Waals surface area contributed by atoms with Crippen LogP contribution >= 0.6 is 11.6 Å². The summed E-state index contributed by atoms with van der Waals surface area (Å²) >= 11 is 6.00. The lowest BCUT2D eigenvalue weighted by atomic mass is 9.95. The number of hydrogen-bond acceptors (Lipinski definition) is 3. The lowest BCUT2D eigenvalue weighted by Crippen LogP contribution is -2.48. The summed E-state index contributed by atoms with van der Waals surface area (Å²) in [6.07, 6.45) is 4.71. The van der Waals surface area contributed by atoms with Crippen LogP contribution in [0.3, 0.4) is 0 Å². The number of anilines is 1. The molecule has 24 heavy (non-hydrogen) atoms. The standard InChI is InChI=1S/C20H25ClN2O/c1-15(24-20-8-3-2-7-19(20)22)23-13-5-4-6-18(23)14-16-9-11-17(21)12-10-16/h2-3,7-12,15,18H,4-6,13-14,22H2,1H3. The molecule has 4 heteroatoms. The lowest BCUT2D eigenvalue weighted by Gasteiger charge is -2.39. The molecule has 1 aliphatic rings. The average molecular weight is 345 g/mol. The largest absolute Gasteiger partial charge is 0.473 e. The van der Waals surface area contributed by atoms with Gasteiger partial charge in [-0.1, -0.05) is 42.3 Å². The second-order valence-electron chi connectivity index (χ2n) is 6.47. The lowest BCUT2D eigenvalue weighted by molar-refractivity contribution is -0.0104. The van der Waals surface area contributed by atoms with Crippen molar-refractivity contribution in [2.45, 2.75) is 44.9 Å². The summed E-state index contributed by atoms with van der Waals surface area (Å²) in [5, 5.41) is 0.788. The highest BCUT2D eigenvalue weighted by Crippen LogP contribution is 2.27. The Balaban J connectivity index is 1.69. The van der Waals surface area contributed by atoms with E-state index in [1.54, 1.807) is 0 Å². The van der Waals surface area contributed by atoms with Gasteiger partial charge in [-0.05, 0) is 56.0 Å². The van der Waals surface area contributed by atoms with Crippen LogP contribution in [0.2, 0.25) is 5.02 Å². The van der Waals surface area contributed by atoms with E-state index in [1.165, 1.54) is 24.8 Å². The molecular weight excluding hydrogens is 320 g/mol. The van der Waals surface area contributed by atoms with Crippen LogP contribution in [0.1, 0.15) is 31.7 Å². The predicted molar refractivity (Wildman–Crippen MR) is 100 cm³/mol. The maximum Gasteiger partial charge on any atom is 0.150 e.